The van der Waals surface area contributed by atoms with E-state index >= 15 is 0 Å². The molecule has 2 aromatic rings. The number of phenolic OH excluding ortho intramolecular Hbond substituents is 1. The first-order valence-corrected chi connectivity index (χ1v) is 13.9. The van der Waals surface area contributed by atoms with Gasteiger partial charge in [-0.1, -0.05) is 37.3 Å². The standard InChI is InChI=1S/C27H38N6O7S/c1-14(2)23(33-27-29-12-19(13-34)41-27)26(40)31-16(4)25(39)30-15(3)21(36)9-10-22(37)32-20(24(28)38)11-17-5-7-18(35)8-6-17/h5-8,12,14-16,20,23,34-35H,9-11,13H2,1-4H3,(H2,28,38)(H,29,33)(H,30,39)(H,31,40)(H,32,37)/t15-,16-,20-,23+/m0/s1. The van der Waals surface area contributed by atoms with E-state index < -0.39 is 53.6 Å². The quantitative estimate of drug-likeness (QED) is 0.143. The molecule has 0 saturated heterocycles. The molecule has 0 aliphatic rings. The van der Waals surface area contributed by atoms with Gasteiger partial charge in [0.15, 0.2) is 10.9 Å². The van der Waals surface area contributed by atoms with Gasteiger partial charge < -0.3 is 37.2 Å². The minimum Gasteiger partial charge on any atom is -0.508 e. The fourth-order valence-corrected chi connectivity index (χ4v) is 4.42. The Kier molecular flexibility index (Phi) is 12.7. The lowest BCUT2D eigenvalue weighted by Gasteiger charge is -2.24. The first kappa shape index (κ1) is 33.2. The van der Waals surface area contributed by atoms with Crippen LogP contribution in [-0.4, -0.2) is 68.8 Å². The number of benzene rings is 1. The first-order valence-electron chi connectivity index (χ1n) is 13.1. The van der Waals surface area contributed by atoms with Crippen molar-refractivity contribution in [3.8, 4) is 5.75 Å². The van der Waals surface area contributed by atoms with Gasteiger partial charge in [0.25, 0.3) is 0 Å². The Hall–Kier alpha value is -4.04. The van der Waals surface area contributed by atoms with Crippen LogP contribution in [0.25, 0.3) is 0 Å². The van der Waals surface area contributed by atoms with Gasteiger partial charge in [0.05, 0.1) is 17.5 Å². The minimum atomic E-state index is -1.000. The number of hydrogen-bond donors (Lipinski definition) is 7. The summed E-state index contributed by atoms with van der Waals surface area (Å²) in [5.41, 5.74) is 6.08. The Balaban J connectivity index is 1.83. The highest BCUT2D eigenvalue weighted by atomic mass is 32.1. The number of anilines is 1. The van der Waals surface area contributed by atoms with Gasteiger partial charge in [0, 0.05) is 25.5 Å². The van der Waals surface area contributed by atoms with E-state index in [2.05, 4.69) is 26.3 Å². The number of hydrogen-bond acceptors (Lipinski definition) is 10. The molecule has 0 aliphatic carbocycles. The molecule has 8 N–H and O–H groups in total. The van der Waals surface area contributed by atoms with E-state index in [0.717, 1.165) is 0 Å². The number of phenols is 1. The van der Waals surface area contributed by atoms with Gasteiger partial charge in [-0.25, -0.2) is 4.98 Å². The van der Waals surface area contributed by atoms with Crippen LogP contribution in [0.5, 0.6) is 5.75 Å². The lowest BCUT2D eigenvalue weighted by molar-refractivity contribution is -0.132. The van der Waals surface area contributed by atoms with Crippen LogP contribution >= 0.6 is 11.3 Å². The Labute approximate surface area is 242 Å². The van der Waals surface area contributed by atoms with Gasteiger partial charge in [-0.2, -0.15) is 0 Å². The number of carbonyl (C=O) groups excluding carboxylic acids is 5. The van der Waals surface area contributed by atoms with Gasteiger partial charge in [-0.15, -0.1) is 0 Å². The Bertz CT molecular complexity index is 1220. The average molecular weight is 591 g/mol. The lowest BCUT2D eigenvalue weighted by atomic mass is 10.0. The summed E-state index contributed by atoms with van der Waals surface area (Å²) < 4.78 is 0. The van der Waals surface area contributed by atoms with Crippen molar-refractivity contribution >= 4 is 45.9 Å². The summed E-state index contributed by atoms with van der Waals surface area (Å²) in [5.74, 6) is -2.81. The fourth-order valence-electron chi connectivity index (χ4n) is 3.71. The average Bonchev–Trinajstić information content (AvgIpc) is 3.38. The smallest absolute Gasteiger partial charge is 0.243 e. The number of nitrogens with one attached hydrogen (secondary N) is 4. The molecule has 1 heterocycles. The van der Waals surface area contributed by atoms with Crippen LogP contribution in [0.4, 0.5) is 5.13 Å². The third-order valence-corrected chi connectivity index (χ3v) is 7.10. The van der Waals surface area contributed by atoms with Crippen molar-refractivity contribution in [2.24, 2.45) is 11.7 Å². The summed E-state index contributed by atoms with van der Waals surface area (Å²) in [5, 5.41) is 29.8. The molecule has 13 nitrogen and oxygen atoms in total. The highest BCUT2D eigenvalue weighted by molar-refractivity contribution is 7.15. The van der Waals surface area contributed by atoms with Crippen LogP contribution < -0.4 is 27.0 Å². The van der Waals surface area contributed by atoms with Crippen molar-refractivity contribution in [1.29, 1.82) is 0 Å². The number of aromatic nitrogens is 1. The number of primary amides is 1. The SMILES string of the molecule is CC(C)[C@@H](Nc1ncc(CO)s1)C(=O)N[C@@H](C)C(=O)N[C@@H](C)C(=O)CCC(=O)N[C@@H](Cc1ccc(O)cc1)C(N)=O. The summed E-state index contributed by atoms with van der Waals surface area (Å²) in [4.78, 5) is 67.0. The predicted octanol–water partition coefficient (Wildman–Crippen LogP) is 0.349. The van der Waals surface area contributed by atoms with Crippen LogP contribution in [0.15, 0.2) is 30.5 Å². The van der Waals surface area contributed by atoms with Gasteiger partial charge >= 0.3 is 0 Å². The topological polar surface area (TPSA) is 213 Å². The molecule has 4 atom stereocenters. The molecule has 0 saturated carbocycles. The van der Waals surface area contributed by atoms with Crippen molar-refractivity contribution in [2.75, 3.05) is 5.32 Å². The Morgan fingerprint density at radius 1 is 0.927 bits per heavy atom. The van der Waals surface area contributed by atoms with Crippen LogP contribution in [0.2, 0.25) is 0 Å². The number of ketones is 1. The number of rotatable bonds is 16. The van der Waals surface area contributed by atoms with Crippen molar-refractivity contribution < 1.29 is 34.2 Å². The molecule has 14 heteroatoms. The van der Waals surface area contributed by atoms with Crippen LogP contribution in [-0.2, 0) is 37.0 Å². The summed E-state index contributed by atoms with van der Waals surface area (Å²) in [7, 11) is 0. The van der Waals surface area contributed by atoms with E-state index in [9.17, 15) is 34.2 Å². The van der Waals surface area contributed by atoms with Gasteiger partial charge in [-0.3, -0.25) is 24.0 Å². The van der Waals surface area contributed by atoms with E-state index in [0.29, 0.717) is 15.6 Å². The molecule has 4 amide bonds. The Morgan fingerprint density at radius 2 is 1.56 bits per heavy atom. The van der Waals surface area contributed by atoms with Crippen molar-refractivity contribution in [3.63, 3.8) is 0 Å². The van der Waals surface area contributed by atoms with E-state index in [-0.39, 0.29) is 37.5 Å². The second kappa shape index (κ2) is 15.7. The zero-order valence-corrected chi connectivity index (χ0v) is 24.3. The largest absolute Gasteiger partial charge is 0.508 e. The lowest BCUT2D eigenvalue weighted by Crippen LogP contribution is -2.53. The van der Waals surface area contributed by atoms with Crippen molar-refractivity contribution in [3.05, 3.63) is 40.9 Å². The normalized spacial score (nSPS) is 13.9. The summed E-state index contributed by atoms with van der Waals surface area (Å²) in [6, 6.07) is 2.53. The molecule has 0 fully saturated rings. The molecular formula is C27H38N6O7S. The number of aromatic hydroxyl groups is 1. The van der Waals surface area contributed by atoms with E-state index in [1.807, 2.05) is 13.8 Å². The van der Waals surface area contributed by atoms with Crippen LogP contribution in [0, 0.1) is 5.92 Å². The van der Waals surface area contributed by atoms with Crippen molar-refractivity contribution in [2.45, 2.75) is 77.7 Å². The van der Waals surface area contributed by atoms with Crippen LogP contribution in [0.1, 0.15) is 51.0 Å². The Morgan fingerprint density at radius 3 is 2.12 bits per heavy atom. The van der Waals surface area contributed by atoms with E-state index in [1.165, 1.54) is 43.5 Å². The van der Waals surface area contributed by atoms with Gasteiger partial charge in [0.1, 0.15) is 23.9 Å². The summed E-state index contributed by atoms with van der Waals surface area (Å²) in [6.45, 7) is 6.46. The molecule has 2 rings (SSSR count). The number of carbonyl (C=O) groups is 5. The maximum absolute atomic E-state index is 12.9. The number of aliphatic hydroxyl groups is 1. The number of thiazole rings is 1. The fraction of sp³-hybridized carbons (Fsp3) is 0.481. The van der Waals surface area contributed by atoms with E-state index in [1.54, 1.807) is 12.1 Å². The molecule has 0 spiro atoms. The minimum absolute atomic E-state index is 0.0614. The third-order valence-electron chi connectivity index (χ3n) is 6.18. The predicted molar refractivity (Wildman–Crippen MR) is 153 cm³/mol. The first-order chi connectivity index (χ1) is 19.3. The van der Waals surface area contributed by atoms with Crippen molar-refractivity contribution in [1.82, 2.24) is 20.9 Å². The highest BCUT2D eigenvalue weighted by Crippen LogP contribution is 2.20. The molecular weight excluding hydrogens is 552 g/mol. The van der Waals surface area contributed by atoms with Gasteiger partial charge in [-0.05, 0) is 37.5 Å². The number of amides is 4. The molecule has 1 aromatic heterocycles. The molecule has 0 unspecified atom stereocenters. The molecule has 41 heavy (non-hydrogen) atoms. The van der Waals surface area contributed by atoms with Crippen LogP contribution in [0.3, 0.4) is 0 Å². The molecule has 224 valence electrons. The zero-order chi connectivity index (χ0) is 30.7. The molecule has 1 aromatic carbocycles. The second-order valence-corrected chi connectivity index (χ2v) is 11.1. The maximum Gasteiger partial charge on any atom is 0.243 e. The number of Topliss-reactive ketones (excluding diaryl/α,β-unsaturated/α-hetero) is 1. The number of nitrogens with two attached hydrogens (primary N) is 1. The number of nitrogens with zero attached hydrogens (tertiary/aromatic N) is 1. The highest BCUT2D eigenvalue weighted by Gasteiger charge is 2.28. The monoisotopic (exact) mass is 590 g/mol. The maximum atomic E-state index is 12.9. The van der Waals surface area contributed by atoms with Gasteiger partial charge in [0.2, 0.25) is 23.6 Å². The number of aliphatic hydroxyl groups excluding tert-OH is 1. The summed E-state index contributed by atoms with van der Waals surface area (Å²) >= 11 is 1.22. The molecule has 0 aliphatic heterocycles. The third kappa shape index (κ3) is 10.8. The summed E-state index contributed by atoms with van der Waals surface area (Å²) in [6.07, 6.45) is 1.21. The zero-order valence-electron chi connectivity index (χ0n) is 23.5. The molecule has 0 bridgehead atoms. The second-order valence-electron chi connectivity index (χ2n) is 9.98. The molecule has 0 radical (unpaired) electrons. The van der Waals surface area contributed by atoms with E-state index in [4.69, 9.17) is 5.73 Å².